The van der Waals surface area contributed by atoms with Gasteiger partial charge < -0.3 is 10.6 Å². The Kier molecular flexibility index (Phi) is 4.97. The molecule has 0 unspecified atom stereocenters. The number of carbonyl (C=O) groups is 1. The van der Waals surface area contributed by atoms with E-state index in [1.807, 2.05) is 30.3 Å². The predicted octanol–water partition coefficient (Wildman–Crippen LogP) is 1.98. The lowest BCUT2D eigenvalue weighted by molar-refractivity contribution is 0.0887. The molecule has 1 aromatic carbocycles. The number of hydrogen-bond acceptors (Lipinski definition) is 2. The van der Waals surface area contributed by atoms with Crippen molar-refractivity contribution >= 4 is 18.3 Å². The van der Waals surface area contributed by atoms with Gasteiger partial charge in [0.1, 0.15) is 0 Å². The number of halogens is 1. The Hall–Kier alpha value is -1.06. The van der Waals surface area contributed by atoms with Crippen molar-refractivity contribution in [1.29, 1.82) is 0 Å². The lowest BCUT2D eigenvalue weighted by Gasteiger charge is -2.35. The van der Waals surface area contributed by atoms with Crippen molar-refractivity contribution in [2.45, 2.75) is 25.3 Å². The maximum Gasteiger partial charge on any atom is 0.251 e. The zero-order chi connectivity index (χ0) is 11.4. The van der Waals surface area contributed by atoms with Gasteiger partial charge in [-0.15, -0.1) is 12.4 Å². The van der Waals surface area contributed by atoms with Crippen LogP contribution >= 0.6 is 12.4 Å². The molecule has 0 aromatic heterocycles. The summed E-state index contributed by atoms with van der Waals surface area (Å²) in [6, 6.07) is 9.39. The minimum absolute atomic E-state index is 0. The second kappa shape index (κ2) is 6.03. The maximum atomic E-state index is 12.0. The van der Waals surface area contributed by atoms with Gasteiger partial charge >= 0.3 is 0 Å². The van der Waals surface area contributed by atoms with E-state index < -0.39 is 0 Å². The lowest BCUT2D eigenvalue weighted by Crippen LogP contribution is -2.52. The average Bonchev–Trinajstić information content (AvgIpc) is 2.30. The van der Waals surface area contributed by atoms with Crippen LogP contribution in [0.2, 0.25) is 0 Å². The van der Waals surface area contributed by atoms with Crippen molar-refractivity contribution in [2.24, 2.45) is 0 Å². The van der Waals surface area contributed by atoms with Crippen molar-refractivity contribution in [3.63, 3.8) is 0 Å². The van der Waals surface area contributed by atoms with Gasteiger partial charge in [0.05, 0.1) is 0 Å². The number of carbonyl (C=O) groups excluding carboxylic acids is 1. The summed E-state index contributed by atoms with van der Waals surface area (Å²) in [4.78, 5) is 12.0. The number of hydrogen-bond donors (Lipinski definition) is 2. The highest BCUT2D eigenvalue weighted by Crippen LogP contribution is 2.17. The number of amides is 1. The third kappa shape index (κ3) is 3.72. The topological polar surface area (TPSA) is 41.1 Å². The fourth-order valence-electron chi connectivity index (χ4n) is 2.04. The largest absolute Gasteiger partial charge is 0.347 e. The zero-order valence-electron chi connectivity index (χ0n) is 10.0. The van der Waals surface area contributed by atoms with Gasteiger partial charge in [-0.3, -0.25) is 4.79 Å². The van der Waals surface area contributed by atoms with Gasteiger partial charge in [-0.2, -0.15) is 0 Å². The molecule has 0 bridgehead atoms. The van der Waals surface area contributed by atoms with Gasteiger partial charge in [0, 0.05) is 11.1 Å². The molecule has 1 amide bonds. The zero-order valence-corrected chi connectivity index (χ0v) is 10.8. The molecule has 1 aliphatic heterocycles. The number of benzene rings is 1. The van der Waals surface area contributed by atoms with Crippen molar-refractivity contribution in [3.8, 4) is 0 Å². The van der Waals surface area contributed by atoms with Crippen LogP contribution in [0, 0.1) is 0 Å². The highest BCUT2D eigenvalue weighted by molar-refractivity contribution is 5.94. The van der Waals surface area contributed by atoms with Crippen LogP contribution in [0.3, 0.4) is 0 Å². The molecule has 0 spiro atoms. The highest BCUT2D eigenvalue weighted by Gasteiger charge is 2.28. The van der Waals surface area contributed by atoms with Crippen molar-refractivity contribution in [1.82, 2.24) is 10.6 Å². The first-order valence-corrected chi connectivity index (χ1v) is 5.78. The number of rotatable bonds is 2. The summed E-state index contributed by atoms with van der Waals surface area (Å²) in [5.74, 6) is 0.0324. The molecule has 94 valence electrons. The van der Waals surface area contributed by atoms with E-state index in [-0.39, 0.29) is 23.9 Å². The Morgan fingerprint density at radius 3 is 2.41 bits per heavy atom. The average molecular weight is 255 g/mol. The summed E-state index contributed by atoms with van der Waals surface area (Å²) in [7, 11) is 0. The minimum atomic E-state index is -0.0574. The van der Waals surface area contributed by atoms with Crippen LogP contribution in [0.25, 0.3) is 0 Å². The summed E-state index contributed by atoms with van der Waals surface area (Å²) in [6.45, 7) is 4.08. The maximum absolute atomic E-state index is 12.0. The fourth-order valence-corrected chi connectivity index (χ4v) is 2.04. The monoisotopic (exact) mass is 254 g/mol. The van der Waals surface area contributed by atoms with E-state index in [0.717, 1.165) is 31.5 Å². The minimum Gasteiger partial charge on any atom is -0.347 e. The predicted molar refractivity (Wildman–Crippen MR) is 71.7 cm³/mol. The van der Waals surface area contributed by atoms with E-state index in [9.17, 15) is 4.79 Å². The molecule has 1 saturated heterocycles. The second-order valence-corrected chi connectivity index (χ2v) is 4.63. The Morgan fingerprint density at radius 2 is 1.82 bits per heavy atom. The smallest absolute Gasteiger partial charge is 0.251 e. The normalized spacial score (nSPS) is 17.9. The Balaban J connectivity index is 0.00000144. The SMILES string of the molecule is CC1(NC(=O)c2ccccc2)CCNCC1.Cl. The van der Waals surface area contributed by atoms with Crippen LogP contribution in [0.4, 0.5) is 0 Å². The fraction of sp³-hybridized carbons (Fsp3) is 0.462. The molecular formula is C13H19ClN2O. The van der Waals surface area contributed by atoms with Gasteiger partial charge in [-0.25, -0.2) is 0 Å². The lowest BCUT2D eigenvalue weighted by atomic mass is 9.90. The first-order valence-electron chi connectivity index (χ1n) is 5.78. The summed E-state index contributed by atoms with van der Waals surface area (Å²) in [6.07, 6.45) is 1.98. The van der Waals surface area contributed by atoms with E-state index in [1.165, 1.54) is 0 Å². The number of piperidine rings is 1. The third-order valence-electron chi connectivity index (χ3n) is 3.16. The molecule has 0 atom stereocenters. The van der Waals surface area contributed by atoms with E-state index in [0.29, 0.717) is 0 Å². The van der Waals surface area contributed by atoms with Gasteiger partial charge in [-0.05, 0) is 45.0 Å². The van der Waals surface area contributed by atoms with Gasteiger partial charge in [0.2, 0.25) is 0 Å². The van der Waals surface area contributed by atoms with Crippen LogP contribution < -0.4 is 10.6 Å². The molecule has 1 heterocycles. The first kappa shape index (κ1) is 14.0. The summed E-state index contributed by atoms with van der Waals surface area (Å²) < 4.78 is 0. The molecule has 17 heavy (non-hydrogen) atoms. The van der Waals surface area contributed by atoms with Crippen molar-refractivity contribution < 1.29 is 4.79 Å². The van der Waals surface area contributed by atoms with Crippen molar-refractivity contribution in [2.75, 3.05) is 13.1 Å². The van der Waals surface area contributed by atoms with E-state index in [2.05, 4.69) is 17.6 Å². The van der Waals surface area contributed by atoms with Crippen LogP contribution in [-0.4, -0.2) is 24.5 Å². The molecule has 0 aliphatic carbocycles. The van der Waals surface area contributed by atoms with Crippen LogP contribution in [0.5, 0.6) is 0 Å². The van der Waals surface area contributed by atoms with E-state index in [4.69, 9.17) is 0 Å². The third-order valence-corrected chi connectivity index (χ3v) is 3.16. The summed E-state index contributed by atoms with van der Waals surface area (Å²) >= 11 is 0. The van der Waals surface area contributed by atoms with Crippen LogP contribution in [0.15, 0.2) is 30.3 Å². The molecule has 0 saturated carbocycles. The van der Waals surface area contributed by atoms with Crippen molar-refractivity contribution in [3.05, 3.63) is 35.9 Å². The first-order chi connectivity index (χ1) is 7.70. The molecule has 4 heteroatoms. The summed E-state index contributed by atoms with van der Waals surface area (Å²) in [5.41, 5.74) is 0.681. The second-order valence-electron chi connectivity index (χ2n) is 4.63. The molecule has 2 N–H and O–H groups in total. The molecule has 3 nitrogen and oxygen atoms in total. The van der Waals surface area contributed by atoms with E-state index >= 15 is 0 Å². The van der Waals surface area contributed by atoms with Crippen LogP contribution in [-0.2, 0) is 0 Å². The molecule has 1 fully saturated rings. The van der Waals surface area contributed by atoms with Gasteiger partial charge in [0.25, 0.3) is 5.91 Å². The Morgan fingerprint density at radius 1 is 1.24 bits per heavy atom. The van der Waals surface area contributed by atoms with E-state index in [1.54, 1.807) is 0 Å². The quantitative estimate of drug-likeness (QED) is 0.848. The Bertz CT molecular complexity index is 361. The van der Waals surface area contributed by atoms with Crippen LogP contribution in [0.1, 0.15) is 30.1 Å². The highest BCUT2D eigenvalue weighted by atomic mass is 35.5. The molecule has 1 aliphatic rings. The standard InChI is InChI=1S/C13H18N2O.ClH/c1-13(7-9-14-10-8-13)15-12(16)11-5-3-2-4-6-11;/h2-6,14H,7-10H2,1H3,(H,15,16);1H. The van der Waals surface area contributed by atoms with Gasteiger partial charge in [0.15, 0.2) is 0 Å². The summed E-state index contributed by atoms with van der Waals surface area (Å²) in [5, 5.41) is 6.43. The molecule has 2 rings (SSSR count). The molecular weight excluding hydrogens is 236 g/mol. The molecule has 0 radical (unpaired) electrons. The number of nitrogens with one attached hydrogen (secondary N) is 2. The molecule has 1 aromatic rings. The Labute approximate surface area is 108 Å². The van der Waals surface area contributed by atoms with Gasteiger partial charge in [-0.1, -0.05) is 18.2 Å².